The Labute approximate surface area is 176 Å². The van der Waals surface area contributed by atoms with Crippen molar-refractivity contribution in [1.29, 1.82) is 5.26 Å². The highest BCUT2D eigenvalue weighted by Gasteiger charge is 2.40. The van der Waals surface area contributed by atoms with Crippen LogP contribution in [0.5, 0.6) is 0 Å². The summed E-state index contributed by atoms with van der Waals surface area (Å²) in [6.45, 7) is 2.01. The zero-order valence-electron chi connectivity index (χ0n) is 15.4. The molecule has 5 nitrogen and oxygen atoms in total. The predicted octanol–water partition coefficient (Wildman–Crippen LogP) is 3.93. The number of likely N-dealkylation sites (N-methyl/N-ethyl adjacent to an activating group) is 1. The molecule has 3 rings (SSSR count). The van der Waals surface area contributed by atoms with Crippen molar-refractivity contribution in [2.75, 3.05) is 11.9 Å². The summed E-state index contributed by atoms with van der Waals surface area (Å²) >= 11 is 4.65. The molecule has 1 saturated heterocycles. The van der Waals surface area contributed by atoms with Crippen LogP contribution in [0, 0.1) is 18.3 Å². The van der Waals surface area contributed by atoms with Crippen molar-refractivity contribution in [3.05, 3.63) is 74.7 Å². The average Bonchev–Trinajstić information content (AvgIpc) is 2.99. The van der Waals surface area contributed by atoms with Gasteiger partial charge in [0.25, 0.3) is 5.91 Å². The molecule has 0 spiro atoms. The number of rotatable bonds is 4. The van der Waals surface area contributed by atoms with Gasteiger partial charge >= 0.3 is 0 Å². The van der Waals surface area contributed by atoms with E-state index in [0.29, 0.717) is 17.1 Å². The van der Waals surface area contributed by atoms with Gasteiger partial charge < -0.3 is 5.32 Å². The number of benzene rings is 2. The quantitative estimate of drug-likeness (QED) is 0.559. The minimum atomic E-state index is -0.504. The maximum atomic E-state index is 13.2. The summed E-state index contributed by atoms with van der Waals surface area (Å²) in [7, 11) is 1.47. The molecule has 0 radical (unpaired) electrons. The summed E-state index contributed by atoms with van der Waals surface area (Å²) in [6.07, 6.45) is 0.522. The van der Waals surface area contributed by atoms with Gasteiger partial charge in [0.05, 0.1) is 5.25 Å². The minimum Gasteiger partial charge on any atom is -0.354 e. The van der Waals surface area contributed by atoms with Gasteiger partial charge in [-0.15, -0.1) is 0 Å². The standard InChI is InChI=1S/C21H18BrN3O2S/c1-13-4-3-5-14(10-13)11-18-20(27)25(16-8-6-15(22)7-9-16)21(28-18)17(12-23)19(26)24-2/h3-10,18H,11H2,1-2H3,(H,24,26)/b21-17-/t18-/m1/s1. The molecule has 28 heavy (non-hydrogen) atoms. The second-order valence-corrected chi connectivity index (χ2v) is 8.43. The first-order valence-corrected chi connectivity index (χ1v) is 10.3. The van der Waals surface area contributed by atoms with E-state index in [0.717, 1.165) is 15.6 Å². The minimum absolute atomic E-state index is 0.0597. The maximum Gasteiger partial charge on any atom is 0.264 e. The van der Waals surface area contributed by atoms with Gasteiger partial charge in [0, 0.05) is 17.2 Å². The first-order valence-electron chi connectivity index (χ1n) is 8.62. The Morgan fingerprint density at radius 3 is 2.61 bits per heavy atom. The van der Waals surface area contributed by atoms with Crippen molar-refractivity contribution < 1.29 is 9.59 Å². The third kappa shape index (κ3) is 4.13. The zero-order chi connectivity index (χ0) is 20.3. The Morgan fingerprint density at radius 2 is 2.00 bits per heavy atom. The Bertz CT molecular complexity index is 995. The number of nitriles is 1. The number of aryl methyl sites for hydroxylation is 1. The number of carbonyl (C=O) groups is 2. The number of halogens is 1. The van der Waals surface area contributed by atoms with E-state index in [1.807, 2.05) is 49.4 Å². The molecule has 1 aliphatic rings. The zero-order valence-corrected chi connectivity index (χ0v) is 17.8. The van der Waals surface area contributed by atoms with Crippen LogP contribution in [0.4, 0.5) is 5.69 Å². The van der Waals surface area contributed by atoms with Gasteiger partial charge in [0.15, 0.2) is 0 Å². The van der Waals surface area contributed by atoms with Crippen LogP contribution in [0.1, 0.15) is 11.1 Å². The number of thioether (sulfide) groups is 1. The second-order valence-electron chi connectivity index (χ2n) is 6.32. The summed E-state index contributed by atoms with van der Waals surface area (Å²) in [5.41, 5.74) is 2.73. The lowest BCUT2D eigenvalue weighted by molar-refractivity contribution is -0.117. The molecule has 142 valence electrons. The van der Waals surface area contributed by atoms with Gasteiger partial charge in [-0.3, -0.25) is 14.5 Å². The second kappa shape index (κ2) is 8.63. The smallest absolute Gasteiger partial charge is 0.264 e. The number of nitrogens with zero attached hydrogens (tertiary/aromatic N) is 2. The molecule has 0 saturated carbocycles. The molecule has 1 heterocycles. The summed E-state index contributed by atoms with van der Waals surface area (Å²) in [6, 6.07) is 17.2. The van der Waals surface area contributed by atoms with Crippen molar-refractivity contribution in [3.63, 3.8) is 0 Å². The lowest BCUT2D eigenvalue weighted by Crippen LogP contribution is -2.31. The van der Waals surface area contributed by atoms with Crippen LogP contribution in [0.25, 0.3) is 0 Å². The van der Waals surface area contributed by atoms with Crippen molar-refractivity contribution in [1.82, 2.24) is 5.32 Å². The van der Waals surface area contributed by atoms with Gasteiger partial charge in [-0.2, -0.15) is 5.26 Å². The van der Waals surface area contributed by atoms with E-state index in [1.165, 1.54) is 23.7 Å². The Balaban J connectivity index is 2.04. The fourth-order valence-electron chi connectivity index (χ4n) is 2.99. The van der Waals surface area contributed by atoms with Crippen LogP contribution < -0.4 is 10.2 Å². The fraction of sp³-hybridized carbons (Fsp3) is 0.190. The molecule has 7 heteroatoms. The van der Waals surface area contributed by atoms with Gasteiger partial charge in [-0.25, -0.2) is 0 Å². The molecule has 2 amide bonds. The lowest BCUT2D eigenvalue weighted by atomic mass is 10.1. The monoisotopic (exact) mass is 455 g/mol. The molecule has 1 atom stereocenters. The molecular weight excluding hydrogens is 438 g/mol. The molecule has 2 aromatic carbocycles. The summed E-state index contributed by atoms with van der Waals surface area (Å²) in [5.74, 6) is -0.642. The van der Waals surface area contributed by atoms with Crippen LogP contribution in [0.15, 0.2) is 63.6 Å². The molecule has 0 aliphatic carbocycles. The SMILES string of the molecule is CNC(=O)/C(C#N)=C1\S[C@H](Cc2cccc(C)c2)C(=O)N1c1ccc(Br)cc1. The maximum absolute atomic E-state index is 13.2. The molecular formula is C21H18BrN3O2S. The fourth-order valence-corrected chi connectivity index (χ4v) is 4.56. The number of hydrogen-bond donors (Lipinski definition) is 1. The normalized spacial score (nSPS) is 18.0. The molecule has 1 N–H and O–H groups in total. The first-order chi connectivity index (χ1) is 13.4. The van der Waals surface area contributed by atoms with Crippen molar-refractivity contribution >= 4 is 45.2 Å². The number of amides is 2. The molecule has 0 bridgehead atoms. The Kier molecular flexibility index (Phi) is 6.22. The van der Waals surface area contributed by atoms with E-state index < -0.39 is 11.2 Å². The number of hydrogen-bond acceptors (Lipinski definition) is 4. The Hall–Kier alpha value is -2.56. The lowest BCUT2D eigenvalue weighted by Gasteiger charge is -2.18. The topological polar surface area (TPSA) is 73.2 Å². The summed E-state index contributed by atoms with van der Waals surface area (Å²) in [4.78, 5) is 26.9. The van der Waals surface area contributed by atoms with Gasteiger partial charge in [-0.05, 0) is 43.2 Å². The van der Waals surface area contributed by atoms with E-state index in [2.05, 4.69) is 21.2 Å². The van der Waals surface area contributed by atoms with E-state index in [-0.39, 0.29) is 11.5 Å². The van der Waals surface area contributed by atoms with Crippen molar-refractivity contribution in [2.45, 2.75) is 18.6 Å². The van der Waals surface area contributed by atoms with Gasteiger partial charge in [0.1, 0.15) is 16.7 Å². The largest absolute Gasteiger partial charge is 0.354 e. The van der Waals surface area contributed by atoms with E-state index in [4.69, 9.17) is 0 Å². The Morgan fingerprint density at radius 1 is 1.29 bits per heavy atom. The van der Waals surface area contributed by atoms with E-state index >= 15 is 0 Å². The third-order valence-electron chi connectivity index (χ3n) is 4.32. The molecule has 0 aromatic heterocycles. The highest BCUT2D eigenvalue weighted by molar-refractivity contribution is 9.10. The average molecular weight is 456 g/mol. The van der Waals surface area contributed by atoms with Gasteiger partial charge in [-0.1, -0.05) is 57.5 Å². The van der Waals surface area contributed by atoms with Crippen LogP contribution in [0.2, 0.25) is 0 Å². The van der Waals surface area contributed by atoms with Crippen LogP contribution in [-0.2, 0) is 16.0 Å². The molecule has 2 aromatic rings. The molecule has 1 aliphatic heterocycles. The highest BCUT2D eigenvalue weighted by atomic mass is 79.9. The van der Waals surface area contributed by atoms with Crippen molar-refractivity contribution in [2.24, 2.45) is 0 Å². The van der Waals surface area contributed by atoms with E-state index in [9.17, 15) is 14.9 Å². The molecule has 0 unspecified atom stereocenters. The van der Waals surface area contributed by atoms with E-state index in [1.54, 1.807) is 12.1 Å². The van der Waals surface area contributed by atoms with Crippen LogP contribution in [0.3, 0.4) is 0 Å². The predicted molar refractivity (Wildman–Crippen MR) is 115 cm³/mol. The summed E-state index contributed by atoms with van der Waals surface area (Å²) in [5, 5.41) is 12.0. The highest BCUT2D eigenvalue weighted by Crippen LogP contribution is 2.42. The van der Waals surface area contributed by atoms with Crippen LogP contribution >= 0.6 is 27.7 Å². The van der Waals surface area contributed by atoms with Crippen LogP contribution in [-0.4, -0.2) is 24.1 Å². The third-order valence-corrected chi connectivity index (χ3v) is 6.11. The number of carbonyl (C=O) groups excluding carboxylic acids is 2. The number of nitrogens with one attached hydrogen (secondary N) is 1. The van der Waals surface area contributed by atoms with Gasteiger partial charge in [0.2, 0.25) is 5.91 Å². The molecule has 1 fully saturated rings. The number of anilines is 1. The summed E-state index contributed by atoms with van der Waals surface area (Å²) < 4.78 is 0.879. The first kappa shape index (κ1) is 20.2. The van der Waals surface area contributed by atoms with Crippen molar-refractivity contribution in [3.8, 4) is 6.07 Å².